The summed E-state index contributed by atoms with van der Waals surface area (Å²) < 4.78 is 0. The Labute approximate surface area is 115 Å². The summed E-state index contributed by atoms with van der Waals surface area (Å²) in [4.78, 5) is 12.0. The molecular formula is C12H16N6S. The van der Waals surface area contributed by atoms with Crippen LogP contribution in [0.1, 0.15) is 19.2 Å². The highest BCUT2D eigenvalue weighted by molar-refractivity contribution is 7.16. The number of hydrogen-bond acceptors (Lipinski definition) is 7. The fraction of sp³-hybridized carbons (Fsp3) is 0.417. The highest BCUT2D eigenvalue weighted by atomic mass is 32.1. The minimum atomic E-state index is 0.511. The summed E-state index contributed by atoms with van der Waals surface area (Å²) in [6, 6.07) is 4.10. The van der Waals surface area contributed by atoms with Crippen LogP contribution in [0, 0.1) is 11.3 Å². The van der Waals surface area contributed by atoms with E-state index in [2.05, 4.69) is 33.3 Å². The zero-order chi connectivity index (χ0) is 13.7. The van der Waals surface area contributed by atoms with Gasteiger partial charge in [-0.3, -0.25) is 4.90 Å². The number of nitrogens with two attached hydrogens (primary N) is 1. The normalized spacial score (nSPS) is 10.8. The molecule has 0 aliphatic carbocycles. The Bertz CT molecular complexity index is 587. The number of hydrazine groups is 1. The maximum absolute atomic E-state index is 8.64. The smallest absolute Gasteiger partial charge is 0.152 e. The standard InChI is InChI=1S/C12H16N6S/c1-2-18(6-3-5-13)8-10-15-11(17-14)9-4-7-19-12(9)16-10/h4,7H,2-3,6,8,14H2,1H3,(H,15,16,17). The fourth-order valence-corrected chi connectivity index (χ4v) is 2.62. The molecule has 2 aromatic rings. The second-order valence-electron chi connectivity index (χ2n) is 4.05. The average Bonchev–Trinajstić information content (AvgIpc) is 2.90. The number of aromatic nitrogens is 2. The fourth-order valence-electron chi connectivity index (χ4n) is 1.84. The van der Waals surface area contributed by atoms with E-state index in [1.54, 1.807) is 11.3 Å². The van der Waals surface area contributed by atoms with Crippen molar-refractivity contribution in [3.05, 3.63) is 17.3 Å². The van der Waals surface area contributed by atoms with Crippen molar-refractivity contribution in [2.45, 2.75) is 19.9 Å². The summed E-state index contributed by atoms with van der Waals surface area (Å²) >= 11 is 1.57. The Hall–Kier alpha value is -1.75. The van der Waals surface area contributed by atoms with Crippen LogP contribution in [0.2, 0.25) is 0 Å². The summed E-state index contributed by atoms with van der Waals surface area (Å²) in [6.07, 6.45) is 0.511. The summed E-state index contributed by atoms with van der Waals surface area (Å²) in [5.41, 5.74) is 2.62. The number of nitriles is 1. The van der Waals surface area contributed by atoms with Gasteiger partial charge in [-0.1, -0.05) is 6.92 Å². The predicted octanol–water partition coefficient (Wildman–Crippen LogP) is 1.71. The van der Waals surface area contributed by atoms with Crippen LogP contribution in [0.4, 0.5) is 5.82 Å². The molecule has 0 atom stereocenters. The van der Waals surface area contributed by atoms with Crippen molar-refractivity contribution >= 4 is 27.4 Å². The van der Waals surface area contributed by atoms with Crippen LogP contribution in [0.15, 0.2) is 11.4 Å². The molecule has 0 saturated carbocycles. The van der Waals surface area contributed by atoms with Gasteiger partial charge in [0.05, 0.1) is 18.0 Å². The van der Waals surface area contributed by atoms with Crippen LogP contribution in [-0.2, 0) is 6.54 Å². The molecule has 0 radical (unpaired) electrons. The van der Waals surface area contributed by atoms with E-state index >= 15 is 0 Å². The molecule has 7 heteroatoms. The Morgan fingerprint density at radius 1 is 1.53 bits per heavy atom. The lowest BCUT2D eigenvalue weighted by Gasteiger charge is -2.18. The van der Waals surface area contributed by atoms with Crippen molar-refractivity contribution in [3.8, 4) is 6.07 Å². The zero-order valence-electron chi connectivity index (χ0n) is 10.8. The summed E-state index contributed by atoms with van der Waals surface area (Å²) in [5.74, 6) is 6.87. The van der Waals surface area contributed by atoms with Gasteiger partial charge in [-0.05, 0) is 18.0 Å². The van der Waals surface area contributed by atoms with Crippen LogP contribution in [0.5, 0.6) is 0 Å². The summed E-state index contributed by atoms with van der Waals surface area (Å²) in [7, 11) is 0. The molecule has 0 unspecified atom stereocenters. The molecule has 0 aromatic carbocycles. The molecule has 0 aliphatic rings. The Morgan fingerprint density at radius 3 is 3.05 bits per heavy atom. The lowest BCUT2D eigenvalue weighted by atomic mass is 10.3. The number of anilines is 1. The molecule has 3 N–H and O–H groups in total. The highest BCUT2D eigenvalue weighted by Crippen LogP contribution is 2.24. The van der Waals surface area contributed by atoms with Gasteiger partial charge in [-0.2, -0.15) is 5.26 Å². The summed E-state index contributed by atoms with van der Waals surface area (Å²) in [5, 5.41) is 11.6. The van der Waals surface area contributed by atoms with Gasteiger partial charge in [0, 0.05) is 13.0 Å². The monoisotopic (exact) mass is 276 g/mol. The van der Waals surface area contributed by atoms with E-state index in [1.165, 1.54) is 0 Å². The van der Waals surface area contributed by atoms with E-state index in [-0.39, 0.29) is 0 Å². The molecule has 0 bridgehead atoms. The van der Waals surface area contributed by atoms with Crippen molar-refractivity contribution in [3.63, 3.8) is 0 Å². The van der Waals surface area contributed by atoms with Gasteiger partial charge in [-0.15, -0.1) is 11.3 Å². The average molecular weight is 276 g/mol. The lowest BCUT2D eigenvalue weighted by molar-refractivity contribution is 0.280. The third-order valence-electron chi connectivity index (χ3n) is 2.86. The first-order valence-electron chi connectivity index (χ1n) is 6.08. The minimum Gasteiger partial charge on any atom is -0.308 e. The first-order chi connectivity index (χ1) is 9.28. The van der Waals surface area contributed by atoms with E-state index in [4.69, 9.17) is 11.1 Å². The molecular weight excluding hydrogens is 260 g/mol. The second kappa shape index (κ2) is 6.43. The van der Waals surface area contributed by atoms with E-state index in [0.717, 1.165) is 29.1 Å². The molecule has 6 nitrogen and oxygen atoms in total. The van der Waals surface area contributed by atoms with Gasteiger partial charge in [0.1, 0.15) is 10.7 Å². The molecule has 0 amide bonds. The number of nitrogens with zero attached hydrogens (tertiary/aromatic N) is 4. The Balaban J connectivity index is 2.22. The van der Waals surface area contributed by atoms with Crippen LogP contribution < -0.4 is 11.3 Å². The van der Waals surface area contributed by atoms with Gasteiger partial charge >= 0.3 is 0 Å². The first kappa shape index (κ1) is 13.7. The van der Waals surface area contributed by atoms with Gasteiger partial charge < -0.3 is 5.43 Å². The largest absolute Gasteiger partial charge is 0.308 e. The maximum Gasteiger partial charge on any atom is 0.152 e. The molecule has 2 heterocycles. The molecule has 2 rings (SSSR count). The molecule has 2 aromatic heterocycles. The van der Waals surface area contributed by atoms with Crippen LogP contribution >= 0.6 is 11.3 Å². The molecule has 0 spiro atoms. The van der Waals surface area contributed by atoms with Crippen LogP contribution in [-0.4, -0.2) is 28.0 Å². The van der Waals surface area contributed by atoms with Gasteiger partial charge in [0.2, 0.25) is 0 Å². The van der Waals surface area contributed by atoms with E-state index in [1.807, 2.05) is 11.4 Å². The molecule has 0 fully saturated rings. The number of nitrogens with one attached hydrogen (secondary N) is 1. The predicted molar refractivity (Wildman–Crippen MR) is 76.4 cm³/mol. The third kappa shape index (κ3) is 3.17. The Morgan fingerprint density at radius 2 is 2.37 bits per heavy atom. The Kier molecular flexibility index (Phi) is 4.63. The number of rotatable bonds is 6. The van der Waals surface area contributed by atoms with Crippen LogP contribution in [0.25, 0.3) is 10.2 Å². The number of fused-ring (bicyclic) bond motifs is 1. The number of thiophene rings is 1. The summed E-state index contributed by atoms with van der Waals surface area (Å²) in [6.45, 7) is 4.27. The second-order valence-corrected chi connectivity index (χ2v) is 4.94. The van der Waals surface area contributed by atoms with Crippen molar-refractivity contribution in [2.75, 3.05) is 18.5 Å². The molecule has 0 saturated heterocycles. The van der Waals surface area contributed by atoms with Crippen molar-refractivity contribution in [1.82, 2.24) is 14.9 Å². The van der Waals surface area contributed by atoms with Gasteiger partial charge in [-0.25, -0.2) is 15.8 Å². The first-order valence-corrected chi connectivity index (χ1v) is 6.96. The third-order valence-corrected chi connectivity index (χ3v) is 3.67. The van der Waals surface area contributed by atoms with Gasteiger partial charge in [0.15, 0.2) is 5.82 Å². The molecule has 0 aliphatic heterocycles. The minimum absolute atomic E-state index is 0.511. The van der Waals surface area contributed by atoms with E-state index in [9.17, 15) is 0 Å². The van der Waals surface area contributed by atoms with Crippen molar-refractivity contribution in [1.29, 1.82) is 5.26 Å². The number of nitrogen functional groups attached to an aromatic ring is 1. The number of hydrogen-bond donors (Lipinski definition) is 2. The highest BCUT2D eigenvalue weighted by Gasteiger charge is 2.11. The van der Waals surface area contributed by atoms with E-state index in [0.29, 0.717) is 18.8 Å². The zero-order valence-corrected chi connectivity index (χ0v) is 11.6. The van der Waals surface area contributed by atoms with Crippen molar-refractivity contribution < 1.29 is 0 Å². The molecule has 19 heavy (non-hydrogen) atoms. The van der Waals surface area contributed by atoms with Gasteiger partial charge in [0.25, 0.3) is 0 Å². The van der Waals surface area contributed by atoms with Crippen molar-refractivity contribution in [2.24, 2.45) is 5.84 Å². The topological polar surface area (TPSA) is 90.9 Å². The van der Waals surface area contributed by atoms with E-state index < -0.39 is 0 Å². The van der Waals surface area contributed by atoms with Crippen LogP contribution in [0.3, 0.4) is 0 Å². The maximum atomic E-state index is 8.64. The quantitative estimate of drug-likeness (QED) is 0.616. The SMILES string of the molecule is CCN(CCC#N)Cc1nc(NN)c2ccsc2n1. The molecule has 100 valence electrons. The lowest BCUT2D eigenvalue weighted by Crippen LogP contribution is -2.25.